The van der Waals surface area contributed by atoms with Crippen molar-refractivity contribution in [3.63, 3.8) is 0 Å². The zero-order chi connectivity index (χ0) is 11.6. The molecule has 1 heteroatoms. The second-order valence-corrected chi connectivity index (χ2v) is 6.84. The van der Waals surface area contributed by atoms with Crippen molar-refractivity contribution in [3.8, 4) is 0 Å². The molecule has 2 saturated carbocycles. The molecule has 94 valence electrons. The molecule has 2 aliphatic rings. The Hall–Kier alpha value is -0.0400. The lowest BCUT2D eigenvalue weighted by molar-refractivity contribution is 0.125. The number of nitrogens with one attached hydrogen (secondary N) is 1. The van der Waals surface area contributed by atoms with Crippen molar-refractivity contribution in [1.29, 1.82) is 0 Å². The van der Waals surface area contributed by atoms with Gasteiger partial charge in [0.1, 0.15) is 0 Å². The molecule has 1 nitrogen and oxygen atoms in total. The first-order valence-corrected chi connectivity index (χ1v) is 7.34. The molecule has 2 atom stereocenters. The molecule has 0 spiro atoms. The molecule has 2 unspecified atom stereocenters. The topological polar surface area (TPSA) is 12.0 Å². The van der Waals surface area contributed by atoms with E-state index in [-0.39, 0.29) is 0 Å². The summed E-state index contributed by atoms with van der Waals surface area (Å²) in [5.41, 5.74) is 0.638. The summed E-state index contributed by atoms with van der Waals surface area (Å²) >= 11 is 0. The maximum atomic E-state index is 3.90. The van der Waals surface area contributed by atoms with Crippen LogP contribution >= 0.6 is 0 Å². The summed E-state index contributed by atoms with van der Waals surface area (Å²) in [7, 11) is 0. The van der Waals surface area contributed by atoms with E-state index in [4.69, 9.17) is 0 Å². The first kappa shape index (κ1) is 12.4. The van der Waals surface area contributed by atoms with Crippen molar-refractivity contribution >= 4 is 0 Å². The van der Waals surface area contributed by atoms with E-state index < -0.39 is 0 Å². The summed E-state index contributed by atoms with van der Waals surface area (Å²) < 4.78 is 0. The van der Waals surface area contributed by atoms with Crippen LogP contribution in [-0.2, 0) is 0 Å². The Morgan fingerprint density at radius 3 is 2.38 bits per heavy atom. The van der Waals surface area contributed by atoms with Crippen molar-refractivity contribution in [2.75, 3.05) is 6.54 Å². The maximum Gasteiger partial charge on any atom is 0.00979 e. The Bertz CT molecular complexity index is 217. The molecular formula is C15H29N. The molecule has 0 saturated heterocycles. The van der Waals surface area contributed by atoms with Gasteiger partial charge in [-0.25, -0.2) is 0 Å². The molecule has 1 N–H and O–H groups in total. The van der Waals surface area contributed by atoms with Crippen LogP contribution in [0.5, 0.6) is 0 Å². The van der Waals surface area contributed by atoms with E-state index in [9.17, 15) is 0 Å². The Balaban J connectivity index is 1.81. The second-order valence-electron chi connectivity index (χ2n) is 6.84. The fourth-order valence-corrected chi connectivity index (χ4v) is 3.55. The van der Waals surface area contributed by atoms with Crippen LogP contribution in [0.4, 0.5) is 0 Å². The highest BCUT2D eigenvalue weighted by Crippen LogP contribution is 2.40. The van der Waals surface area contributed by atoms with Crippen LogP contribution in [-0.4, -0.2) is 12.6 Å². The van der Waals surface area contributed by atoms with Crippen molar-refractivity contribution < 1.29 is 0 Å². The molecule has 16 heavy (non-hydrogen) atoms. The van der Waals surface area contributed by atoms with Gasteiger partial charge in [0.05, 0.1) is 0 Å². The van der Waals surface area contributed by atoms with Crippen LogP contribution in [0.1, 0.15) is 65.7 Å². The third kappa shape index (κ3) is 2.80. The smallest absolute Gasteiger partial charge is 0.00979 e. The Morgan fingerprint density at radius 1 is 1.12 bits per heavy atom. The highest BCUT2D eigenvalue weighted by atomic mass is 14.9. The zero-order valence-corrected chi connectivity index (χ0v) is 11.4. The normalized spacial score (nSPS) is 33.8. The summed E-state index contributed by atoms with van der Waals surface area (Å²) in [4.78, 5) is 0. The van der Waals surface area contributed by atoms with Gasteiger partial charge >= 0.3 is 0 Å². The van der Waals surface area contributed by atoms with Gasteiger partial charge < -0.3 is 5.32 Å². The van der Waals surface area contributed by atoms with Crippen LogP contribution in [0.3, 0.4) is 0 Å². The van der Waals surface area contributed by atoms with Gasteiger partial charge in [-0.15, -0.1) is 0 Å². The lowest BCUT2D eigenvalue weighted by Gasteiger charge is -2.42. The first-order valence-electron chi connectivity index (χ1n) is 7.34. The van der Waals surface area contributed by atoms with E-state index in [0.29, 0.717) is 5.41 Å². The lowest BCUT2D eigenvalue weighted by atomic mass is 9.70. The summed E-state index contributed by atoms with van der Waals surface area (Å²) in [5.74, 6) is 1.78. The molecule has 2 fully saturated rings. The van der Waals surface area contributed by atoms with E-state index in [1.54, 1.807) is 0 Å². The molecule has 0 aliphatic heterocycles. The molecule has 0 heterocycles. The lowest BCUT2D eigenvalue weighted by Crippen LogP contribution is -2.47. The molecular weight excluding hydrogens is 194 g/mol. The van der Waals surface area contributed by atoms with Gasteiger partial charge in [0, 0.05) is 12.6 Å². The Morgan fingerprint density at radius 2 is 1.81 bits per heavy atom. The van der Waals surface area contributed by atoms with E-state index >= 15 is 0 Å². The highest BCUT2D eigenvalue weighted by Gasteiger charge is 2.34. The van der Waals surface area contributed by atoms with Crippen LogP contribution in [0, 0.1) is 17.3 Å². The SMILES string of the molecule is CC(C)C1CCCCC1NCC1(C)CCC1. The third-order valence-corrected chi connectivity index (χ3v) is 5.03. The molecule has 2 rings (SSSR count). The van der Waals surface area contributed by atoms with Crippen LogP contribution in [0.25, 0.3) is 0 Å². The second kappa shape index (κ2) is 5.08. The quantitative estimate of drug-likeness (QED) is 0.760. The van der Waals surface area contributed by atoms with Gasteiger partial charge in [0.15, 0.2) is 0 Å². The minimum Gasteiger partial charge on any atom is -0.313 e. The summed E-state index contributed by atoms with van der Waals surface area (Å²) in [6.07, 6.45) is 10.1. The molecule has 2 aliphatic carbocycles. The summed E-state index contributed by atoms with van der Waals surface area (Å²) in [5, 5.41) is 3.90. The summed E-state index contributed by atoms with van der Waals surface area (Å²) in [6.45, 7) is 8.52. The van der Waals surface area contributed by atoms with Gasteiger partial charge in [-0.3, -0.25) is 0 Å². The van der Waals surface area contributed by atoms with Crippen molar-refractivity contribution in [2.24, 2.45) is 17.3 Å². The highest BCUT2D eigenvalue weighted by molar-refractivity contribution is 4.89. The predicted molar refractivity (Wildman–Crippen MR) is 70.5 cm³/mol. The monoisotopic (exact) mass is 223 g/mol. The zero-order valence-electron chi connectivity index (χ0n) is 11.4. The van der Waals surface area contributed by atoms with Gasteiger partial charge in [-0.1, -0.05) is 40.0 Å². The minimum atomic E-state index is 0.638. The number of hydrogen-bond acceptors (Lipinski definition) is 1. The molecule has 0 amide bonds. The van der Waals surface area contributed by atoms with Crippen LogP contribution < -0.4 is 5.32 Å². The van der Waals surface area contributed by atoms with Crippen LogP contribution in [0.2, 0.25) is 0 Å². The van der Waals surface area contributed by atoms with Crippen molar-refractivity contribution in [3.05, 3.63) is 0 Å². The van der Waals surface area contributed by atoms with Crippen LogP contribution in [0.15, 0.2) is 0 Å². The average molecular weight is 223 g/mol. The number of hydrogen-bond donors (Lipinski definition) is 1. The first-order chi connectivity index (χ1) is 7.61. The fraction of sp³-hybridized carbons (Fsp3) is 1.00. The summed E-state index contributed by atoms with van der Waals surface area (Å²) in [6, 6.07) is 0.811. The Labute approximate surface area is 101 Å². The Kier molecular flexibility index (Phi) is 3.94. The van der Waals surface area contributed by atoms with E-state index in [1.165, 1.54) is 51.5 Å². The number of rotatable bonds is 4. The predicted octanol–water partition coefficient (Wildman–Crippen LogP) is 3.98. The van der Waals surface area contributed by atoms with Gasteiger partial charge in [0.2, 0.25) is 0 Å². The average Bonchev–Trinajstić information content (AvgIpc) is 2.24. The largest absolute Gasteiger partial charge is 0.313 e. The van der Waals surface area contributed by atoms with Crippen molar-refractivity contribution in [2.45, 2.75) is 71.8 Å². The molecule has 0 radical (unpaired) electrons. The van der Waals surface area contributed by atoms with E-state index in [0.717, 1.165) is 17.9 Å². The van der Waals surface area contributed by atoms with E-state index in [2.05, 4.69) is 26.1 Å². The van der Waals surface area contributed by atoms with E-state index in [1.807, 2.05) is 0 Å². The van der Waals surface area contributed by atoms with Gasteiger partial charge in [-0.2, -0.15) is 0 Å². The maximum absolute atomic E-state index is 3.90. The molecule has 0 aromatic heterocycles. The molecule has 0 bridgehead atoms. The van der Waals surface area contributed by atoms with Gasteiger partial charge in [-0.05, 0) is 42.9 Å². The fourth-order valence-electron chi connectivity index (χ4n) is 3.55. The minimum absolute atomic E-state index is 0.638. The van der Waals surface area contributed by atoms with Crippen molar-refractivity contribution in [1.82, 2.24) is 5.32 Å². The standard InChI is InChI=1S/C15H29N/c1-12(2)13-7-4-5-8-14(13)16-11-15(3)9-6-10-15/h12-14,16H,4-11H2,1-3H3. The molecule has 0 aromatic carbocycles. The molecule has 0 aromatic rings. The third-order valence-electron chi connectivity index (χ3n) is 5.03. The van der Waals surface area contributed by atoms with Gasteiger partial charge in [0.25, 0.3) is 0 Å².